The third-order valence-electron chi connectivity index (χ3n) is 2.11. The minimum atomic E-state index is -0.245. The van der Waals surface area contributed by atoms with Crippen molar-refractivity contribution < 1.29 is 9.53 Å². The number of unbranched alkanes of at least 4 members (excludes halogenated alkanes) is 1. The molecule has 0 aliphatic rings. The number of methoxy groups -OCH3 is 1. The quantitative estimate of drug-likeness (QED) is 0.571. The Hall–Kier alpha value is -0.0800. The van der Waals surface area contributed by atoms with Crippen molar-refractivity contribution in [2.24, 2.45) is 0 Å². The zero-order chi connectivity index (χ0) is 10.1. The van der Waals surface area contributed by atoms with E-state index in [0.29, 0.717) is 12.5 Å². The molecule has 0 aromatic carbocycles. The predicted octanol–water partition coefficient (Wildman–Crippen LogP) is 3.13. The highest BCUT2D eigenvalue weighted by molar-refractivity contribution is 6.63. The summed E-state index contributed by atoms with van der Waals surface area (Å²) in [5.74, 6) is 0. The lowest BCUT2D eigenvalue weighted by Gasteiger charge is -2.13. The Bertz CT molecular complexity index is 137. The molecule has 1 unspecified atom stereocenters. The average Bonchev–Trinajstić information content (AvgIpc) is 2.10. The number of halogens is 1. The Balaban J connectivity index is 3.41. The van der Waals surface area contributed by atoms with Gasteiger partial charge in [-0.2, -0.15) is 0 Å². The SMILES string of the molecule is CCCCC(CCCC(=O)Cl)OC. The van der Waals surface area contributed by atoms with Gasteiger partial charge in [0.05, 0.1) is 6.10 Å². The molecule has 0 aromatic rings. The van der Waals surface area contributed by atoms with Crippen molar-refractivity contribution in [1.29, 1.82) is 0 Å². The Kier molecular flexibility index (Phi) is 8.46. The molecule has 0 aliphatic heterocycles. The molecule has 0 heterocycles. The van der Waals surface area contributed by atoms with E-state index in [1.54, 1.807) is 7.11 Å². The van der Waals surface area contributed by atoms with Crippen LogP contribution in [0.2, 0.25) is 0 Å². The van der Waals surface area contributed by atoms with Crippen LogP contribution in [0.3, 0.4) is 0 Å². The normalized spacial score (nSPS) is 12.8. The van der Waals surface area contributed by atoms with Crippen LogP contribution in [0.1, 0.15) is 45.4 Å². The van der Waals surface area contributed by atoms with E-state index < -0.39 is 0 Å². The van der Waals surface area contributed by atoms with E-state index in [9.17, 15) is 4.79 Å². The Morgan fingerprint density at radius 3 is 2.46 bits per heavy atom. The van der Waals surface area contributed by atoms with Gasteiger partial charge in [0, 0.05) is 13.5 Å². The van der Waals surface area contributed by atoms with E-state index in [2.05, 4.69) is 6.92 Å². The number of rotatable bonds is 8. The molecule has 13 heavy (non-hydrogen) atoms. The molecule has 0 saturated carbocycles. The van der Waals surface area contributed by atoms with Crippen LogP contribution in [0.5, 0.6) is 0 Å². The van der Waals surface area contributed by atoms with Gasteiger partial charge in [0.1, 0.15) is 0 Å². The Morgan fingerprint density at radius 2 is 2.00 bits per heavy atom. The molecule has 78 valence electrons. The van der Waals surface area contributed by atoms with Crippen LogP contribution < -0.4 is 0 Å². The number of hydrogen-bond acceptors (Lipinski definition) is 2. The summed E-state index contributed by atoms with van der Waals surface area (Å²) in [6.45, 7) is 2.16. The van der Waals surface area contributed by atoms with Gasteiger partial charge in [-0.25, -0.2) is 0 Å². The molecule has 0 fully saturated rings. The molecule has 0 amide bonds. The molecular weight excluding hydrogens is 188 g/mol. The van der Waals surface area contributed by atoms with E-state index >= 15 is 0 Å². The van der Waals surface area contributed by atoms with Crippen LogP contribution in [0, 0.1) is 0 Å². The second-order valence-corrected chi connectivity index (χ2v) is 3.67. The molecule has 0 saturated heterocycles. The van der Waals surface area contributed by atoms with E-state index in [1.165, 1.54) is 12.8 Å². The lowest BCUT2D eigenvalue weighted by Crippen LogP contribution is -2.10. The lowest BCUT2D eigenvalue weighted by molar-refractivity contribution is -0.111. The molecule has 2 nitrogen and oxygen atoms in total. The highest BCUT2D eigenvalue weighted by Gasteiger charge is 2.07. The van der Waals surface area contributed by atoms with Gasteiger partial charge >= 0.3 is 0 Å². The van der Waals surface area contributed by atoms with Gasteiger partial charge in [-0.3, -0.25) is 4.79 Å². The van der Waals surface area contributed by atoms with E-state index in [4.69, 9.17) is 16.3 Å². The van der Waals surface area contributed by atoms with Gasteiger partial charge < -0.3 is 4.74 Å². The third-order valence-corrected chi connectivity index (χ3v) is 2.30. The minimum absolute atomic E-state index is 0.245. The number of ether oxygens (including phenoxy) is 1. The van der Waals surface area contributed by atoms with Gasteiger partial charge in [0.2, 0.25) is 5.24 Å². The van der Waals surface area contributed by atoms with Crippen LogP contribution in [-0.2, 0) is 9.53 Å². The predicted molar refractivity (Wildman–Crippen MR) is 55.0 cm³/mol. The summed E-state index contributed by atoms with van der Waals surface area (Å²) in [5.41, 5.74) is 0. The maximum atomic E-state index is 10.5. The summed E-state index contributed by atoms with van der Waals surface area (Å²) in [6.07, 6.45) is 6.01. The molecule has 3 heteroatoms. The molecule has 1 atom stereocenters. The van der Waals surface area contributed by atoms with Crippen molar-refractivity contribution in [3.05, 3.63) is 0 Å². The van der Waals surface area contributed by atoms with E-state index in [0.717, 1.165) is 19.3 Å². The molecule has 0 bridgehead atoms. The second-order valence-electron chi connectivity index (χ2n) is 3.25. The fourth-order valence-electron chi connectivity index (χ4n) is 1.28. The summed E-state index contributed by atoms with van der Waals surface area (Å²) >= 11 is 5.23. The van der Waals surface area contributed by atoms with Gasteiger partial charge in [0.25, 0.3) is 0 Å². The molecule has 0 radical (unpaired) electrons. The summed E-state index contributed by atoms with van der Waals surface area (Å²) in [6, 6.07) is 0. The molecule has 0 spiro atoms. The van der Waals surface area contributed by atoms with Gasteiger partial charge in [-0.15, -0.1) is 0 Å². The maximum absolute atomic E-state index is 10.5. The Morgan fingerprint density at radius 1 is 1.38 bits per heavy atom. The van der Waals surface area contributed by atoms with Gasteiger partial charge in [-0.1, -0.05) is 19.8 Å². The summed E-state index contributed by atoms with van der Waals surface area (Å²) in [7, 11) is 1.73. The van der Waals surface area contributed by atoms with Crippen molar-refractivity contribution in [3.63, 3.8) is 0 Å². The first kappa shape index (κ1) is 12.9. The van der Waals surface area contributed by atoms with Crippen molar-refractivity contribution in [1.82, 2.24) is 0 Å². The zero-order valence-electron chi connectivity index (χ0n) is 8.51. The monoisotopic (exact) mass is 206 g/mol. The fourth-order valence-corrected chi connectivity index (χ4v) is 1.41. The van der Waals surface area contributed by atoms with E-state index in [-0.39, 0.29) is 5.24 Å². The number of carbonyl (C=O) groups excluding carboxylic acids is 1. The van der Waals surface area contributed by atoms with Crippen LogP contribution >= 0.6 is 11.6 Å². The highest BCUT2D eigenvalue weighted by Crippen LogP contribution is 2.12. The Labute approximate surface area is 85.6 Å². The lowest BCUT2D eigenvalue weighted by atomic mass is 10.1. The maximum Gasteiger partial charge on any atom is 0.221 e. The van der Waals surface area contributed by atoms with Crippen molar-refractivity contribution >= 4 is 16.8 Å². The minimum Gasteiger partial charge on any atom is -0.381 e. The van der Waals surface area contributed by atoms with Crippen molar-refractivity contribution in [2.45, 2.75) is 51.6 Å². The van der Waals surface area contributed by atoms with E-state index in [1.807, 2.05) is 0 Å². The third kappa shape index (κ3) is 8.26. The number of hydrogen-bond donors (Lipinski definition) is 0. The van der Waals surface area contributed by atoms with Crippen LogP contribution in [0.4, 0.5) is 0 Å². The largest absolute Gasteiger partial charge is 0.381 e. The van der Waals surface area contributed by atoms with Gasteiger partial charge in [-0.05, 0) is 30.9 Å². The molecular formula is C10H19ClO2. The zero-order valence-corrected chi connectivity index (χ0v) is 9.27. The fraction of sp³-hybridized carbons (Fsp3) is 0.900. The average molecular weight is 207 g/mol. The summed E-state index contributed by atoms with van der Waals surface area (Å²) in [5, 5.41) is -0.245. The smallest absolute Gasteiger partial charge is 0.221 e. The van der Waals surface area contributed by atoms with Crippen LogP contribution in [0.25, 0.3) is 0 Å². The van der Waals surface area contributed by atoms with Crippen molar-refractivity contribution in [3.8, 4) is 0 Å². The standard InChI is InChI=1S/C10H19ClO2/c1-3-4-6-9(13-2)7-5-8-10(11)12/h9H,3-8H2,1-2H3. The van der Waals surface area contributed by atoms with Crippen LogP contribution in [0.15, 0.2) is 0 Å². The second kappa shape index (κ2) is 8.52. The number of carbonyl (C=O) groups is 1. The summed E-state index contributed by atoms with van der Waals surface area (Å²) in [4.78, 5) is 10.5. The molecule has 0 rings (SSSR count). The highest BCUT2D eigenvalue weighted by atomic mass is 35.5. The topological polar surface area (TPSA) is 26.3 Å². The van der Waals surface area contributed by atoms with Crippen LogP contribution in [-0.4, -0.2) is 18.5 Å². The molecule has 0 aromatic heterocycles. The first-order valence-corrected chi connectivity index (χ1v) is 5.29. The molecule has 0 aliphatic carbocycles. The van der Waals surface area contributed by atoms with Gasteiger partial charge in [0.15, 0.2) is 0 Å². The first-order chi connectivity index (χ1) is 6.20. The molecule has 0 N–H and O–H groups in total. The van der Waals surface area contributed by atoms with Crippen molar-refractivity contribution in [2.75, 3.05) is 7.11 Å². The first-order valence-electron chi connectivity index (χ1n) is 4.91. The summed E-state index contributed by atoms with van der Waals surface area (Å²) < 4.78 is 5.28.